The lowest BCUT2D eigenvalue weighted by atomic mass is 9.74. The number of ketones is 1. The van der Waals surface area contributed by atoms with Crippen LogP contribution in [0.25, 0.3) is 0 Å². The zero-order chi connectivity index (χ0) is 25.9. The summed E-state index contributed by atoms with van der Waals surface area (Å²) < 4.78 is 38.7. The van der Waals surface area contributed by atoms with Crippen molar-refractivity contribution in [3.05, 3.63) is 65.0 Å². The lowest BCUT2D eigenvalue weighted by Gasteiger charge is -2.36. The molecule has 0 bridgehead atoms. The number of pyridine rings is 1. The van der Waals surface area contributed by atoms with Crippen LogP contribution in [0.3, 0.4) is 0 Å². The predicted octanol–water partition coefficient (Wildman–Crippen LogP) is 5.69. The van der Waals surface area contributed by atoms with Crippen LogP contribution in [0.4, 0.5) is 13.2 Å². The number of Topliss-reactive ketones (excluding diaryl/α,β-unsaturated/α-hetero) is 1. The fourth-order valence-corrected chi connectivity index (χ4v) is 5.56. The highest BCUT2D eigenvalue weighted by molar-refractivity contribution is 5.98. The van der Waals surface area contributed by atoms with Gasteiger partial charge in [-0.3, -0.25) is 14.6 Å². The van der Waals surface area contributed by atoms with Crippen molar-refractivity contribution in [3.8, 4) is 0 Å². The number of amides is 1. The Morgan fingerprint density at radius 3 is 2.47 bits per heavy atom. The quantitative estimate of drug-likeness (QED) is 0.494. The second-order valence-electron chi connectivity index (χ2n) is 10.4. The molecule has 0 spiro atoms. The molecule has 1 aromatic heterocycles. The van der Waals surface area contributed by atoms with Gasteiger partial charge < -0.3 is 10.0 Å². The first-order valence-corrected chi connectivity index (χ1v) is 12.7. The van der Waals surface area contributed by atoms with E-state index < -0.39 is 23.1 Å². The first-order valence-electron chi connectivity index (χ1n) is 12.7. The maximum atomic E-state index is 12.9. The third-order valence-electron chi connectivity index (χ3n) is 7.68. The molecule has 1 aliphatic heterocycles. The van der Waals surface area contributed by atoms with Crippen LogP contribution in [-0.2, 0) is 16.6 Å². The topological polar surface area (TPSA) is 70.5 Å². The second kappa shape index (κ2) is 10.7. The number of likely N-dealkylation sites (tertiary alicyclic amines) is 1. The van der Waals surface area contributed by atoms with Gasteiger partial charge in [0.25, 0.3) is 0 Å². The highest BCUT2D eigenvalue weighted by atomic mass is 19.4. The van der Waals surface area contributed by atoms with Crippen molar-refractivity contribution in [2.75, 3.05) is 13.1 Å². The fraction of sp³-hybridized carbons (Fsp3) is 0.536. The molecule has 2 heterocycles. The maximum absolute atomic E-state index is 12.9. The van der Waals surface area contributed by atoms with E-state index in [0.29, 0.717) is 37.8 Å². The number of rotatable bonds is 7. The van der Waals surface area contributed by atoms with Crippen LogP contribution in [0.15, 0.2) is 42.5 Å². The third kappa shape index (κ3) is 6.33. The van der Waals surface area contributed by atoms with Gasteiger partial charge in [-0.2, -0.15) is 13.2 Å². The van der Waals surface area contributed by atoms with E-state index in [1.54, 1.807) is 4.90 Å². The summed E-state index contributed by atoms with van der Waals surface area (Å²) in [5.41, 5.74) is -0.103. The molecule has 1 saturated carbocycles. The van der Waals surface area contributed by atoms with Crippen molar-refractivity contribution in [1.82, 2.24) is 9.88 Å². The Morgan fingerprint density at radius 1 is 1.06 bits per heavy atom. The van der Waals surface area contributed by atoms with Crippen LogP contribution >= 0.6 is 0 Å². The van der Waals surface area contributed by atoms with Gasteiger partial charge in [0.15, 0.2) is 5.78 Å². The largest absolute Gasteiger partial charge is 0.416 e. The fourth-order valence-electron chi connectivity index (χ4n) is 5.56. The third-order valence-corrected chi connectivity index (χ3v) is 7.68. The molecular formula is C28H33F3N2O3. The van der Waals surface area contributed by atoms with Gasteiger partial charge in [0.2, 0.25) is 5.91 Å². The molecule has 36 heavy (non-hydrogen) atoms. The molecule has 194 valence electrons. The Balaban J connectivity index is 1.22. The monoisotopic (exact) mass is 502 g/mol. The predicted molar refractivity (Wildman–Crippen MR) is 129 cm³/mol. The van der Waals surface area contributed by atoms with Gasteiger partial charge in [-0.25, -0.2) is 0 Å². The molecular weight excluding hydrogens is 469 g/mol. The van der Waals surface area contributed by atoms with Gasteiger partial charge >= 0.3 is 6.18 Å². The number of hydrogen-bond donors (Lipinski definition) is 1. The molecule has 1 amide bonds. The number of hydrogen-bond acceptors (Lipinski definition) is 4. The van der Waals surface area contributed by atoms with Crippen molar-refractivity contribution < 1.29 is 27.9 Å². The Morgan fingerprint density at radius 2 is 1.78 bits per heavy atom. The van der Waals surface area contributed by atoms with Crippen LogP contribution < -0.4 is 0 Å². The minimum Gasteiger partial charge on any atom is -0.384 e. The first kappa shape index (κ1) is 26.3. The highest BCUT2D eigenvalue weighted by Crippen LogP contribution is 2.41. The van der Waals surface area contributed by atoms with Gasteiger partial charge in [0.05, 0.1) is 11.3 Å². The number of aromatic nitrogens is 1. The highest BCUT2D eigenvalue weighted by Gasteiger charge is 2.37. The molecule has 2 aliphatic rings. The summed E-state index contributed by atoms with van der Waals surface area (Å²) >= 11 is 0. The normalized spacial score (nSPS) is 24.6. The Hall–Kier alpha value is -2.74. The number of carbonyl (C=O) groups is 2. The number of benzene rings is 1. The van der Waals surface area contributed by atoms with Crippen LogP contribution in [0, 0.1) is 18.8 Å². The summed E-state index contributed by atoms with van der Waals surface area (Å²) in [7, 11) is 0. The molecule has 8 heteroatoms. The van der Waals surface area contributed by atoms with Gasteiger partial charge in [-0.05, 0) is 81.5 Å². The van der Waals surface area contributed by atoms with E-state index >= 15 is 0 Å². The van der Waals surface area contributed by atoms with Gasteiger partial charge in [-0.1, -0.05) is 18.2 Å². The molecule has 2 fully saturated rings. The molecule has 5 nitrogen and oxygen atoms in total. The summed E-state index contributed by atoms with van der Waals surface area (Å²) in [6.07, 6.45) is 0.507. The summed E-state index contributed by atoms with van der Waals surface area (Å²) in [5.74, 6) is 0.309. The number of halogens is 3. The zero-order valence-electron chi connectivity index (χ0n) is 20.6. The molecule has 1 unspecified atom stereocenters. The summed E-state index contributed by atoms with van der Waals surface area (Å²) in [5, 5.41) is 11.1. The zero-order valence-corrected chi connectivity index (χ0v) is 20.6. The molecule has 1 saturated heterocycles. The Kier molecular flexibility index (Phi) is 7.83. The van der Waals surface area contributed by atoms with Crippen LogP contribution in [0.1, 0.15) is 78.7 Å². The minimum absolute atomic E-state index is 0.00174. The minimum atomic E-state index is -4.51. The summed E-state index contributed by atoms with van der Waals surface area (Å²) in [6, 6.07) is 10.1. The van der Waals surface area contributed by atoms with Crippen LogP contribution in [0.5, 0.6) is 0 Å². The molecule has 4 rings (SSSR count). The van der Waals surface area contributed by atoms with Crippen LogP contribution in [0.2, 0.25) is 0 Å². The van der Waals surface area contributed by atoms with E-state index in [-0.39, 0.29) is 24.3 Å². The lowest BCUT2D eigenvalue weighted by Crippen LogP contribution is -2.33. The SMILES string of the molecule is Cc1cccc(C2(O)CCC(CC3CCN(C(=O)CCC(=O)c4cccc(C(F)(F)F)c4)C3)CC2)n1. The van der Waals surface area contributed by atoms with E-state index in [2.05, 4.69) is 4.98 Å². The number of aliphatic hydroxyl groups is 1. The van der Waals surface area contributed by atoms with Crippen molar-refractivity contribution in [2.45, 2.75) is 70.1 Å². The van der Waals surface area contributed by atoms with Crippen molar-refractivity contribution >= 4 is 11.7 Å². The molecule has 1 aliphatic carbocycles. The summed E-state index contributed by atoms with van der Waals surface area (Å²) in [6.45, 7) is 3.22. The number of carbonyl (C=O) groups excluding carboxylic acids is 2. The maximum Gasteiger partial charge on any atom is 0.416 e. The molecule has 0 radical (unpaired) electrons. The average molecular weight is 503 g/mol. The smallest absolute Gasteiger partial charge is 0.384 e. The molecule has 1 N–H and O–H groups in total. The van der Waals surface area contributed by atoms with E-state index in [0.717, 1.165) is 49.2 Å². The number of aryl methyl sites for hydroxylation is 1. The van der Waals surface area contributed by atoms with E-state index in [9.17, 15) is 27.9 Å². The molecule has 2 aromatic rings. The lowest BCUT2D eigenvalue weighted by molar-refractivity contribution is -0.137. The van der Waals surface area contributed by atoms with Crippen molar-refractivity contribution in [2.24, 2.45) is 11.8 Å². The Bertz CT molecular complexity index is 1090. The second-order valence-corrected chi connectivity index (χ2v) is 10.4. The first-order chi connectivity index (χ1) is 17.0. The van der Waals surface area contributed by atoms with Crippen molar-refractivity contribution in [1.29, 1.82) is 0 Å². The molecule has 1 aromatic carbocycles. The van der Waals surface area contributed by atoms with E-state index in [1.807, 2.05) is 25.1 Å². The van der Waals surface area contributed by atoms with E-state index in [4.69, 9.17) is 0 Å². The van der Waals surface area contributed by atoms with Crippen molar-refractivity contribution in [3.63, 3.8) is 0 Å². The Labute approximate surface area is 209 Å². The van der Waals surface area contributed by atoms with Gasteiger partial charge in [0.1, 0.15) is 5.60 Å². The van der Waals surface area contributed by atoms with Crippen LogP contribution in [-0.4, -0.2) is 39.8 Å². The average Bonchev–Trinajstić information content (AvgIpc) is 3.32. The van der Waals surface area contributed by atoms with Gasteiger partial charge in [-0.15, -0.1) is 0 Å². The van der Waals surface area contributed by atoms with Gasteiger partial charge in [0, 0.05) is 37.2 Å². The number of nitrogens with zero attached hydrogens (tertiary/aromatic N) is 2. The summed E-state index contributed by atoms with van der Waals surface area (Å²) in [4.78, 5) is 31.3. The standard InChI is InChI=1S/C28H33F3N2O3/c1-19-4-2-7-25(32-19)27(36)13-10-20(11-14-27)16-21-12-15-33(18-21)26(35)9-8-24(34)22-5-3-6-23(17-22)28(29,30)31/h2-7,17,20-21,36H,8-16,18H2,1H3. The number of alkyl halides is 3. The molecule has 1 atom stereocenters. The van der Waals surface area contributed by atoms with E-state index in [1.165, 1.54) is 12.1 Å².